The number of hydrogen-bond acceptors (Lipinski definition) is 4. The minimum Gasteiger partial charge on any atom is -0.340 e. The van der Waals surface area contributed by atoms with E-state index in [0.717, 1.165) is 34.9 Å². The maximum Gasteiger partial charge on any atom is 0.416 e. The molecule has 2 aromatic heterocycles. The molecule has 0 saturated heterocycles. The zero-order chi connectivity index (χ0) is 19.9. The van der Waals surface area contributed by atoms with E-state index in [1.54, 1.807) is 6.33 Å². The summed E-state index contributed by atoms with van der Waals surface area (Å²) in [6.07, 6.45) is -1.41. The first-order valence-electron chi connectivity index (χ1n) is 8.53. The Morgan fingerprint density at radius 2 is 1.79 bits per heavy atom. The fraction of sp³-hybridized carbons (Fsp3) is 0.150. The summed E-state index contributed by atoms with van der Waals surface area (Å²) in [6.45, 7) is 3.93. The largest absolute Gasteiger partial charge is 0.416 e. The molecule has 142 valence electrons. The van der Waals surface area contributed by atoms with E-state index in [2.05, 4.69) is 20.3 Å². The van der Waals surface area contributed by atoms with Crippen molar-refractivity contribution >= 4 is 22.4 Å². The van der Waals surface area contributed by atoms with Gasteiger partial charge in [0.1, 0.15) is 12.1 Å². The molecule has 8 heteroatoms. The van der Waals surface area contributed by atoms with Gasteiger partial charge in [0.25, 0.3) is 0 Å². The molecule has 0 spiro atoms. The molecule has 2 aromatic carbocycles. The van der Waals surface area contributed by atoms with Crippen molar-refractivity contribution in [3.8, 4) is 5.69 Å². The summed E-state index contributed by atoms with van der Waals surface area (Å²) in [5.41, 5.74) is 3.14. The van der Waals surface area contributed by atoms with E-state index in [0.29, 0.717) is 11.2 Å². The Labute approximate surface area is 158 Å². The van der Waals surface area contributed by atoms with Crippen molar-refractivity contribution in [2.45, 2.75) is 20.0 Å². The molecule has 5 nitrogen and oxygen atoms in total. The summed E-state index contributed by atoms with van der Waals surface area (Å²) in [7, 11) is 0. The molecular formula is C20H16F3N5. The Bertz CT molecular complexity index is 1160. The van der Waals surface area contributed by atoms with E-state index in [9.17, 15) is 13.2 Å². The smallest absolute Gasteiger partial charge is 0.340 e. The van der Waals surface area contributed by atoms with Gasteiger partial charge in [-0.05, 0) is 50.2 Å². The molecule has 0 fully saturated rings. The van der Waals surface area contributed by atoms with Crippen LogP contribution in [-0.2, 0) is 6.18 Å². The van der Waals surface area contributed by atoms with Crippen LogP contribution in [0.2, 0.25) is 0 Å². The lowest BCUT2D eigenvalue weighted by Crippen LogP contribution is -2.05. The van der Waals surface area contributed by atoms with Crippen LogP contribution in [-0.4, -0.2) is 19.5 Å². The first kappa shape index (κ1) is 18.0. The third-order valence-electron chi connectivity index (χ3n) is 4.60. The highest BCUT2D eigenvalue weighted by Gasteiger charge is 2.30. The summed E-state index contributed by atoms with van der Waals surface area (Å²) < 4.78 is 40.8. The molecule has 0 aliphatic heterocycles. The van der Waals surface area contributed by atoms with Gasteiger partial charge >= 0.3 is 6.18 Å². The van der Waals surface area contributed by atoms with Crippen LogP contribution in [0.25, 0.3) is 16.6 Å². The Morgan fingerprint density at radius 1 is 0.964 bits per heavy atom. The van der Waals surface area contributed by atoms with Crippen LogP contribution < -0.4 is 5.32 Å². The highest BCUT2D eigenvalue weighted by molar-refractivity contribution is 5.91. The van der Waals surface area contributed by atoms with E-state index in [-0.39, 0.29) is 5.52 Å². The summed E-state index contributed by atoms with van der Waals surface area (Å²) >= 11 is 0. The fourth-order valence-electron chi connectivity index (χ4n) is 2.96. The van der Waals surface area contributed by atoms with E-state index in [1.807, 2.05) is 42.7 Å². The first-order valence-corrected chi connectivity index (χ1v) is 8.53. The normalized spacial score (nSPS) is 11.8. The van der Waals surface area contributed by atoms with Crippen molar-refractivity contribution in [1.82, 2.24) is 19.5 Å². The summed E-state index contributed by atoms with van der Waals surface area (Å²) in [6, 6.07) is 11.1. The van der Waals surface area contributed by atoms with Crippen LogP contribution in [0, 0.1) is 13.8 Å². The minimum absolute atomic E-state index is 0.226. The topological polar surface area (TPSA) is 55.6 Å². The molecule has 4 aromatic rings. The average Bonchev–Trinajstić information content (AvgIpc) is 3.00. The van der Waals surface area contributed by atoms with Crippen LogP contribution in [0.15, 0.2) is 55.1 Å². The van der Waals surface area contributed by atoms with Gasteiger partial charge in [-0.1, -0.05) is 6.07 Å². The Balaban J connectivity index is 1.71. The van der Waals surface area contributed by atoms with Crippen molar-refractivity contribution in [3.05, 3.63) is 72.1 Å². The lowest BCUT2D eigenvalue weighted by molar-refractivity contribution is -0.137. The molecule has 0 atom stereocenters. The molecular weight excluding hydrogens is 367 g/mol. The lowest BCUT2D eigenvalue weighted by atomic mass is 10.1. The Hall–Kier alpha value is -3.42. The second-order valence-corrected chi connectivity index (χ2v) is 6.41. The number of fused-ring (bicyclic) bond motifs is 1. The van der Waals surface area contributed by atoms with E-state index in [4.69, 9.17) is 0 Å². The quantitative estimate of drug-likeness (QED) is 0.529. The molecule has 0 saturated carbocycles. The van der Waals surface area contributed by atoms with Gasteiger partial charge in [0.05, 0.1) is 23.1 Å². The standard InChI is InChI=1S/C20H16F3N5/c1-12-13(2)28(11-26-12)16-5-3-4-15(9-16)27-19-17-7-6-14(20(21,22)23)8-18(17)24-10-25-19/h3-11H,1-2H3,(H,24,25,27). The highest BCUT2D eigenvalue weighted by atomic mass is 19.4. The van der Waals surface area contributed by atoms with Crippen LogP contribution in [0.5, 0.6) is 0 Å². The van der Waals surface area contributed by atoms with Crippen LogP contribution in [0.4, 0.5) is 24.7 Å². The van der Waals surface area contributed by atoms with E-state index < -0.39 is 11.7 Å². The predicted molar refractivity (Wildman–Crippen MR) is 101 cm³/mol. The van der Waals surface area contributed by atoms with Crippen LogP contribution >= 0.6 is 0 Å². The number of aromatic nitrogens is 4. The first-order chi connectivity index (χ1) is 13.3. The number of nitrogens with zero attached hydrogens (tertiary/aromatic N) is 4. The predicted octanol–water partition coefficient (Wildman–Crippen LogP) is 5.19. The molecule has 0 bridgehead atoms. The molecule has 0 unspecified atom stereocenters. The van der Waals surface area contributed by atoms with E-state index in [1.165, 1.54) is 12.4 Å². The molecule has 28 heavy (non-hydrogen) atoms. The zero-order valence-corrected chi connectivity index (χ0v) is 15.1. The second kappa shape index (κ2) is 6.63. The van der Waals surface area contributed by atoms with Gasteiger partial charge in [-0.3, -0.25) is 0 Å². The monoisotopic (exact) mass is 383 g/mol. The van der Waals surface area contributed by atoms with Gasteiger partial charge in [0.2, 0.25) is 0 Å². The molecule has 0 amide bonds. The Kier molecular flexibility index (Phi) is 4.26. The third kappa shape index (κ3) is 3.28. The third-order valence-corrected chi connectivity index (χ3v) is 4.60. The Morgan fingerprint density at radius 3 is 2.50 bits per heavy atom. The number of hydrogen-bond donors (Lipinski definition) is 1. The van der Waals surface area contributed by atoms with Gasteiger partial charge in [-0.25, -0.2) is 15.0 Å². The second-order valence-electron chi connectivity index (χ2n) is 6.41. The van der Waals surface area contributed by atoms with Gasteiger partial charge in [-0.15, -0.1) is 0 Å². The molecule has 2 heterocycles. The maximum absolute atomic E-state index is 12.9. The molecule has 1 N–H and O–H groups in total. The van der Waals surface area contributed by atoms with Gasteiger partial charge in [-0.2, -0.15) is 13.2 Å². The van der Waals surface area contributed by atoms with Crippen molar-refractivity contribution in [1.29, 1.82) is 0 Å². The highest BCUT2D eigenvalue weighted by Crippen LogP contribution is 2.32. The molecule has 0 aliphatic rings. The van der Waals surface area contributed by atoms with E-state index >= 15 is 0 Å². The number of anilines is 2. The van der Waals surface area contributed by atoms with Gasteiger partial charge in [0.15, 0.2) is 0 Å². The molecule has 4 rings (SSSR count). The number of imidazole rings is 1. The fourth-order valence-corrected chi connectivity index (χ4v) is 2.96. The molecule has 0 radical (unpaired) electrons. The van der Waals surface area contributed by atoms with Crippen molar-refractivity contribution in [2.24, 2.45) is 0 Å². The van der Waals surface area contributed by atoms with Crippen molar-refractivity contribution < 1.29 is 13.2 Å². The van der Waals surface area contributed by atoms with Crippen LogP contribution in [0.1, 0.15) is 17.0 Å². The van der Waals surface area contributed by atoms with Crippen molar-refractivity contribution in [2.75, 3.05) is 5.32 Å². The SMILES string of the molecule is Cc1ncn(-c2cccc(Nc3ncnc4cc(C(F)(F)F)ccc34)c2)c1C. The number of rotatable bonds is 3. The summed E-state index contributed by atoms with van der Waals surface area (Å²) in [5, 5.41) is 3.69. The minimum atomic E-state index is -4.41. The maximum atomic E-state index is 12.9. The van der Waals surface area contributed by atoms with Crippen LogP contribution in [0.3, 0.4) is 0 Å². The summed E-state index contributed by atoms with van der Waals surface area (Å²) in [5.74, 6) is 0.439. The number of benzene rings is 2. The number of aryl methyl sites for hydroxylation is 1. The molecule has 0 aliphatic carbocycles. The van der Waals surface area contributed by atoms with Crippen molar-refractivity contribution in [3.63, 3.8) is 0 Å². The number of halogens is 3. The average molecular weight is 383 g/mol. The number of alkyl halides is 3. The number of nitrogens with one attached hydrogen (secondary N) is 1. The van der Waals surface area contributed by atoms with Gasteiger partial charge in [0, 0.05) is 22.5 Å². The zero-order valence-electron chi connectivity index (χ0n) is 15.1. The summed E-state index contributed by atoms with van der Waals surface area (Å²) in [4.78, 5) is 12.5. The lowest BCUT2D eigenvalue weighted by Gasteiger charge is -2.12. The van der Waals surface area contributed by atoms with Gasteiger partial charge < -0.3 is 9.88 Å².